The summed E-state index contributed by atoms with van der Waals surface area (Å²) in [6.45, 7) is 6.36. The van der Waals surface area contributed by atoms with Gasteiger partial charge in [0.25, 0.3) is 5.91 Å². The first-order chi connectivity index (χ1) is 19.5. The third-order valence-corrected chi connectivity index (χ3v) is 6.98. The number of piperazine rings is 1. The highest BCUT2D eigenvalue weighted by Gasteiger charge is 2.39. The Bertz CT molecular complexity index is 1320. The molecule has 1 aliphatic heterocycles. The summed E-state index contributed by atoms with van der Waals surface area (Å²) in [6.07, 6.45) is -5.12. The van der Waals surface area contributed by atoms with Gasteiger partial charge in [-0.05, 0) is 49.2 Å². The lowest BCUT2D eigenvalue weighted by molar-refractivity contribution is -0.174. The molecule has 1 fully saturated rings. The van der Waals surface area contributed by atoms with Crippen LogP contribution in [0, 0.1) is 0 Å². The first kappa shape index (κ1) is 29.6. The van der Waals surface area contributed by atoms with Crippen molar-refractivity contribution in [1.82, 2.24) is 20.7 Å². The van der Waals surface area contributed by atoms with Crippen molar-refractivity contribution in [2.24, 2.45) is 0 Å². The number of amides is 4. The highest BCUT2D eigenvalue weighted by Crippen LogP contribution is 2.24. The molecule has 1 aliphatic rings. The Labute approximate surface area is 236 Å². The maximum atomic E-state index is 13.9. The number of para-hydroxylation sites is 1. The fourth-order valence-electron chi connectivity index (χ4n) is 4.87. The van der Waals surface area contributed by atoms with Crippen LogP contribution in [0.25, 0.3) is 0 Å². The lowest BCUT2D eigenvalue weighted by Gasteiger charge is -2.45. The van der Waals surface area contributed by atoms with Crippen molar-refractivity contribution in [2.75, 3.05) is 18.0 Å². The predicted octanol–water partition coefficient (Wildman–Crippen LogP) is 4.73. The zero-order valence-electron chi connectivity index (χ0n) is 22.8. The van der Waals surface area contributed by atoms with Gasteiger partial charge in [0, 0.05) is 43.0 Å². The highest BCUT2D eigenvalue weighted by molar-refractivity contribution is 5.96. The lowest BCUT2D eigenvalue weighted by atomic mass is 10.1. The largest absolute Gasteiger partial charge is 0.472 e. The third kappa shape index (κ3) is 7.63. The van der Waals surface area contributed by atoms with Gasteiger partial charge in [-0.3, -0.25) is 30.2 Å². The van der Waals surface area contributed by atoms with Crippen LogP contribution in [0.1, 0.15) is 35.3 Å². The second-order valence-corrected chi connectivity index (χ2v) is 10.1. The Morgan fingerprint density at radius 3 is 1.93 bits per heavy atom. The minimum absolute atomic E-state index is 0.0472. The number of alkyl halides is 3. The fraction of sp³-hybridized carbons (Fsp3) is 0.300. The van der Waals surface area contributed by atoms with Crippen LogP contribution in [0.3, 0.4) is 0 Å². The minimum Gasteiger partial charge on any atom is -0.321 e. The van der Waals surface area contributed by atoms with Crippen molar-refractivity contribution < 1.29 is 27.6 Å². The second-order valence-electron chi connectivity index (χ2n) is 10.1. The molecule has 0 aliphatic carbocycles. The summed E-state index contributed by atoms with van der Waals surface area (Å²) in [5, 5.41) is 0. The molecule has 8 nitrogen and oxygen atoms in total. The smallest absolute Gasteiger partial charge is 0.321 e. The molecule has 3 aromatic rings. The van der Waals surface area contributed by atoms with E-state index >= 15 is 0 Å². The van der Waals surface area contributed by atoms with E-state index in [2.05, 4.69) is 30.9 Å². The number of nitrogens with zero attached hydrogens (tertiary/aromatic N) is 3. The molecule has 1 heterocycles. The number of urea groups is 1. The number of anilines is 1. The molecule has 2 N–H and O–H groups in total. The van der Waals surface area contributed by atoms with E-state index in [4.69, 9.17) is 0 Å². The topological polar surface area (TPSA) is 85.0 Å². The van der Waals surface area contributed by atoms with Crippen LogP contribution in [-0.2, 0) is 17.9 Å². The Balaban J connectivity index is 1.45. The van der Waals surface area contributed by atoms with Crippen molar-refractivity contribution in [1.29, 1.82) is 0 Å². The number of benzene rings is 3. The molecule has 3 aromatic carbocycles. The maximum Gasteiger partial charge on any atom is 0.472 e. The van der Waals surface area contributed by atoms with Crippen LogP contribution in [0.5, 0.6) is 0 Å². The number of halogens is 3. The lowest BCUT2D eigenvalue weighted by Crippen LogP contribution is -2.59. The number of carbonyl (C=O) groups excluding carboxylic acids is 3. The molecule has 1 saturated heterocycles. The molecule has 4 rings (SSSR count). The molecule has 4 amide bonds. The van der Waals surface area contributed by atoms with Gasteiger partial charge in [0.1, 0.15) is 0 Å². The van der Waals surface area contributed by atoms with Gasteiger partial charge >= 0.3 is 18.1 Å². The summed E-state index contributed by atoms with van der Waals surface area (Å²) in [5.74, 6) is -3.18. The Morgan fingerprint density at radius 2 is 1.37 bits per heavy atom. The molecular formula is C30H32F3N5O3. The number of hydrazine groups is 1. The third-order valence-electron chi connectivity index (χ3n) is 6.98. The van der Waals surface area contributed by atoms with Gasteiger partial charge in [-0.1, -0.05) is 60.7 Å². The van der Waals surface area contributed by atoms with E-state index in [0.29, 0.717) is 24.3 Å². The van der Waals surface area contributed by atoms with Crippen LogP contribution >= 0.6 is 0 Å². The first-order valence-electron chi connectivity index (χ1n) is 13.2. The monoisotopic (exact) mass is 567 g/mol. The van der Waals surface area contributed by atoms with E-state index in [1.54, 1.807) is 22.5 Å². The van der Waals surface area contributed by atoms with Gasteiger partial charge in [-0.2, -0.15) is 13.2 Å². The Hall–Kier alpha value is -4.38. The zero-order chi connectivity index (χ0) is 29.6. The average Bonchev–Trinajstić information content (AvgIpc) is 2.96. The van der Waals surface area contributed by atoms with Gasteiger partial charge in [0.05, 0.1) is 6.54 Å². The van der Waals surface area contributed by atoms with Gasteiger partial charge in [0.15, 0.2) is 0 Å². The molecule has 41 heavy (non-hydrogen) atoms. The van der Waals surface area contributed by atoms with Crippen LogP contribution in [0.4, 0.5) is 23.7 Å². The molecular weight excluding hydrogens is 535 g/mol. The molecule has 11 heteroatoms. The summed E-state index contributed by atoms with van der Waals surface area (Å²) in [6, 6.07) is 25.7. The average molecular weight is 568 g/mol. The maximum absolute atomic E-state index is 13.9. The Morgan fingerprint density at radius 1 is 0.805 bits per heavy atom. The number of nitrogens with one attached hydrogen (secondary N) is 2. The van der Waals surface area contributed by atoms with Gasteiger partial charge in [-0.15, -0.1) is 0 Å². The molecule has 0 unspecified atom stereocenters. The molecule has 0 radical (unpaired) electrons. The molecule has 0 bridgehead atoms. The summed E-state index contributed by atoms with van der Waals surface area (Å²) in [4.78, 5) is 43.0. The van der Waals surface area contributed by atoms with Crippen LogP contribution in [0.15, 0.2) is 84.9 Å². The van der Waals surface area contributed by atoms with Gasteiger partial charge in [0.2, 0.25) is 0 Å². The van der Waals surface area contributed by atoms with E-state index in [1.807, 2.05) is 53.4 Å². The summed E-state index contributed by atoms with van der Waals surface area (Å²) < 4.78 is 37.1. The van der Waals surface area contributed by atoms with E-state index in [9.17, 15) is 27.6 Å². The number of hydrogen-bond acceptors (Lipinski definition) is 4. The predicted molar refractivity (Wildman–Crippen MR) is 149 cm³/mol. The van der Waals surface area contributed by atoms with Crippen molar-refractivity contribution in [3.8, 4) is 0 Å². The van der Waals surface area contributed by atoms with Crippen LogP contribution in [0.2, 0.25) is 0 Å². The standard InChI is InChI=1S/C30H32F3N5O3/c1-21-17-36(18-22(2)37(21)19-23-9-5-3-6-10-23)29(41)38(26-11-7-4-8-12-26)20-24-13-15-25(16-14-24)27(39)34-35-28(40)30(31,32)33/h3-16,21-22H,17-20H2,1-2H3,(H,34,39)(H,35,40)/t21-,22+. The second kappa shape index (κ2) is 12.9. The Kier molecular flexibility index (Phi) is 9.28. The fourth-order valence-corrected chi connectivity index (χ4v) is 4.87. The van der Waals surface area contributed by atoms with Gasteiger partial charge < -0.3 is 4.90 Å². The zero-order valence-corrected chi connectivity index (χ0v) is 22.8. The number of hydrogen-bond donors (Lipinski definition) is 2. The van der Waals surface area contributed by atoms with Crippen molar-refractivity contribution in [3.05, 3.63) is 102 Å². The van der Waals surface area contributed by atoms with Crippen molar-refractivity contribution >= 4 is 23.5 Å². The summed E-state index contributed by atoms with van der Waals surface area (Å²) in [5.41, 5.74) is 5.77. The van der Waals surface area contributed by atoms with E-state index < -0.39 is 18.0 Å². The molecule has 0 spiro atoms. The molecule has 2 atom stereocenters. The quantitative estimate of drug-likeness (QED) is 0.422. The first-order valence-corrected chi connectivity index (χ1v) is 13.2. The van der Waals surface area contributed by atoms with E-state index in [-0.39, 0.29) is 30.2 Å². The van der Waals surface area contributed by atoms with Gasteiger partial charge in [-0.25, -0.2) is 4.79 Å². The molecule has 0 saturated carbocycles. The van der Waals surface area contributed by atoms with Crippen LogP contribution < -0.4 is 15.8 Å². The molecule has 216 valence electrons. The van der Waals surface area contributed by atoms with E-state index in [1.165, 1.54) is 23.1 Å². The van der Waals surface area contributed by atoms with Crippen molar-refractivity contribution in [3.63, 3.8) is 0 Å². The molecule has 0 aromatic heterocycles. The minimum atomic E-state index is -5.12. The number of carbonyl (C=O) groups is 3. The SMILES string of the molecule is C[C@@H]1CN(C(=O)N(Cc2ccc(C(=O)NNC(=O)C(F)(F)F)cc2)c2ccccc2)C[C@H](C)N1Cc1ccccc1. The highest BCUT2D eigenvalue weighted by atomic mass is 19.4. The van der Waals surface area contributed by atoms with E-state index in [0.717, 1.165) is 6.54 Å². The normalized spacial score (nSPS) is 17.5. The summed E-state index contributed by atoms with van der Waals surface area (Å²) in [7, 11) is 0. The number of rotatable bonds is 6. The summed E-state index contributed by atoms with van der Waals surface area (Å²) >= 11 is 0. The van der Waals surface area contributed by atoms with Crippen molar-refractivity contribution in [2.45, 2.75) is 45.2 Å². The van der Waals surface area contributed by atoms with Crippen LogP contribution in [-0.4, -0.2) is 59.0 Å².